The highest BCUT2D eigenvalue weighted by molar-refractivity contribution is 5.93. The molecule has 2 aromatic rings. The summed E-state index contributed by atoms with van der Waals surface area (Å²) in [6, 6.07) is 7.37. The molecule has 0 bridgehead atoms. The average molecular weight is 377 g/mol. The first-order valence-corrected chi connectivity index (χ1v) is 8.83. The summed E-state index contributed by atoms with van der Waals surface area (Å²) in [7, 11) is 0. The summed E-state index contributed by atoms with van der Waals surface area (Å²) < 4.78 is 18.3. The molecule has 0 fully saturated rings. The Morgan fingerprint density at radius 1 is 1.33 bits per heavy atom. The van der Waals surface area contributed by atoms with Gasteiger partial charge in [0.15, 0.2) is 0 Å². The maximum absolute atomic E-state index is 13.1. The zero-order chi connectivity index (χ0) is 19.8. The highest BCUT2D eigenvalue weighted by Crippen LogP contribution is 2.19. The van der Waals surface area contributed by atoms with Crippen LogP contribution in [0.2, 0.25) is 0 Å². The van der Waals surface area contributed by atoms with E-state index < -0.39 is 11.9 Å². The van der Waals surface area contributed by atoms with Gasteiger partial charge in [0.1, 0.15) is 11.5 Å². The summed E-state index contributed by atoms with van der Waals surface area (Å²) in [5, 5.41) is 16.0. The first-order valence-electron chi connectivity index (χ1n) is 8.83. The van der Waals surface area contributed by atoms with Gasteiger partial charge in [-0.25, -0.2) is 4.39 Å². The van der Waals surface area contributed by atoms with Crippen LogP contribution in [0.5, 0.6) is 0 Å². The third-order valence-electron chi connectivity index (χ3n) is 4.07. The third kappa shape index (κ3) is 5.89. The average Bonchev–Trinajstić information content (AvgIpc) is 3.14. The molecule has 1 heterocycles. The van der Waals surface area contributed by atoms with E-state index in [0.717, 1.165) is 0 Å². The summed E-state index contributed by atoms with van der Waals surface area (Å²) in [5.74, 6) is -2.34. The van der Waals surface area contributed by atoms with E-state index in [1.807, 2.05) is 6.92 Å². The van der Waals surface area contributed by atoms with Crippen LogP contribution in [0.3, 0.4) is 0 Å². The fourth-order valence-corrected chi connectivity index (χ4v) is 2.56. The zero-order valence-corrected chi connectivity index (χ0v) is 15.4. The minimum atomic E-state index is -0.964. The predicted molar refractivity (Wildman–Crippen MR) is 97.8 cm³/mol. The van der Waals surface area contributed by atoms with Gasteiger partial charge in [-0.3, -0.25) is 14.7 Å². The molecule has 1 aromatic heterocycles. The number of benzene rings is 1. The quantitative estimate of drug-likeness (QED) is 0.621. The van der Waals surface area contributed by atoms with Crippen molar-refractivity contribution in [3.8, 4) is 11.3 Å². The van der Waals surface area contributed by atoms with Crippen molar-refractivity contribution >= 4 is 11.9 Å². The molecule has 0 aliphatic carbocycles. The molecule has 0 aliphatic rings. The first kappa shape index (κ1) is 20.6. The van der Waals surface area contributed by atoms with Crippen molar-refractivity contribution in [3.63, 3.8) is 0 Å². The van der Waals surface area contributed by atoms with Crippen molar-refractivity contribution in [3.05, 3.63) is 41.8 Å². The van der Waals surface area contributed by atoms with Crippen LogP contribution in [0.15, 0.2) is 30.3 Å². The van der Waals surface area contributed by atoms with Gasteiger partial charge in [-0.1, -0.05) is 6.92 Å². The number of amides is 1. The summed E-state index contributed by atoms with van der Waals surface area (Å²) in [5.41, 5.74) is 1.44. The fraction of sp³-hybridized carbons (Fsp3) is 0.421. The van der Waals surface area contributed by atoms with E-state index in [1.165, 1.54) is 17.0 Å². The maximum Gasteiger partial charge on any atom is 0.308 e. The molecule has 7 nitrogen and oxygen atoms in total. The van der Waals surface area contributed by atoms with E-state index >= 15 is 0 Å². The smallest absolute Gasteiger partial charge is 0.308 e. The number of carbonyl (C=O) groups is 2. The van der Waals surface area contributed by atoms with E-state index in [-0.39, 0.29) is 24.0 Å². The lowest BCUT2D eigenvalue weighted by Crippen LogP contribution is -2.38. The summed E-state index contributed by atoms with van der Waals surface area (Å²) >= 11 is 0. The number of nitrogens with one attached hydrogen (secondary N) is 1. The van der Waals surface area contributed by atoms with Crippen LogP contribution in [-0.2, 0) is 9.53 Å². The normalized spacial score (nSPS) is 12.0. The van der Waals surface area contributed by atoms with Gasteiger partial charge in [-0.2, -0.15) is 5.10 Å². The lowest BCUT2D eigenvalue weighted by molar-refractivity contribution is -0.141. The number of aliphatic carboxylic acids is 1. The maximum atomic E-state index is 13.1. The molecule has 8 heteroatoms. The molecule has 27 heavy (non-hydrogen) atoms. The largest absolute Gasteiger partial charge is 0.481 e. The Bertz CT molecular complexity index is 761. The second-order valence-electron chi connectivity index (χ2n) is 6.21. The molecule has 0 saturated heterocycles. The fourth-order valence-electron chi connectivity index (χ4n) is 2.56. The number of hydrogen-bond donors (Lipinski definition) is 2. The Kier molecular flexibility index (Phi) is 7.48. The van der Waals surface area contributed by atoms with Gasteiger partial charge in [0, 0.05) is 31.9 Å². The lowest BCUT2D eigenvalue weighted by atomic mass is 10.1. The van der Waals surface area contributed by atoms with Crippen molar-refractivity contribution in [2.24, 2.45) is 5.92 Å². The van der Waals surface area contributed by atoms with Crippen molar-refractivity contribution in [2.75, 3.05) is 26.3 Å². The van der Waals surface area contributed by atoms with E-state index in [1.54, 1.807) is 25.1 Å². The number of aromatic amines is 1. The Morgan fingerprint density at radius 3 is 2.67 bits per heavy atom. The van der Waals surface area contributed by atoms with Crippen molar-refractivity contribution in [1.82, 2.24) is 15.1 Å². The van der Waals surface area contributed by atoms with Gasteiger partial charge in [0.05, 0.1) is 11.6 Å². The second-order valence-corrected chi connectivity index (χ2v) is 6.21. The molecular formula is C19H24FN3O4. The minimum Gasteiger partial charge on any atom is -0.481 e. The molecule has 0 radical (unpaired) electrons. The molecular weight excluding hydrogens is 353 g/mol. The van der Waals surface area contributed by atoms with E-state index in [9.17, 15) is 14.0 Å². The van der Waals surface area contributed by atoms with Crippen LogP contribution < -0.4 is 0 Å². The number of rotatable bonds is 10. The van der Waals surface area contributed by atoms with Crippen molar-refractivity contribution in [2.45, 2.75) is 20.3 Å². The summed E-state index contributed by atoms with van der Waals surface area (Å²) in [6.07, 6.45) is 0.602. The second kappa shape index (κ2) is 9.82. The molecule has 1 amide bonds. The SMILES string of the molecule is CCOCCCN(CC(C)C(=O)O)C(=O)c1cc(-c2ccc(F)cc2)n[nH]1. The number of H-pyrrole nitrogens is 1. The van der Waals surface area contributed by atoms with Crippen LogP contribution in [0.1, 0.15) is 30.8 Å². The Morgan fingerprint density at radius 2 is 2.04 bits per heavy atom. The standard InChI is InChI=1S/C19H24FN3O4/c1-3-27-10-4-9-23(12-13(2)19(25)26)18(24)17-11-16(21-22-17)14-5-7-15(20)8-6-14/h5-8,11,13H,3-4,9-10,12H2,1-2H3,(H,21,22)(H,25,26). The minimum absolute atomic E-state index is 0.0885. The third-order valence-corrected chi connectivity index (χ3v) is 4.07. The van der Waals surface area contributed by atoms with Gasteiger partial charge in [-0.15, -0.1) is 0 Å². The number of carboxylic acid groups (broad SMARTS) is 1. The van der Waals surface area contributed by atoms with E-state index in [0.29, 0.717) is 37.4 Å². The summed E-state index contributed by atoms with van der Waals surface area (Å²) in [4.78, 5) is 25.5. The number of nitrogens with zero attached hydrogens (tertiary/aromatic N) is 2. The van der Waals surface area contributed by atoms with Gasteiger partial charge >= 0.3 is 5.97 Å². The number of ether oxygens (including phenoxy) is 1. The summed E-state index contributed by atoms with van der Waals surface area (Å²) in [6.45, 7) is 4.98. The number of carbonyl (C=O) groups excluding carboxylic acids is 1. The highest BCUT2D eigenvalue weighted by Gasteiger charge is 2.23. The number of aromatic nitrogens is 2. The Hall–Kier alpha value is -2.74. The lowest BCUT2D eigenvalue weighted by Gasteiger charge is -2.24. The zero-order valence-electron chi connectivity index (χ0n) is 15.4. The molecule has 0 aliphatic heterocycles. The first-order chi connectivity index (χ1) is 12.9. The van der Waals surface area contributed by atoms with Crippen molar-refractivity contribution in [1.29, 1.82) is 0 Å². The van der Waals surface area contributed by atoms with Crippen LogP contribution in [-0.4, -0.2) is 58.4 Å². The van der Waals surface area contributed by atoms with Crippen LogP contribution in [0, 0.1) is 11.7 Å². The van der Waals surface area contributed by atoms with Gasteiger partial charge in [-0.05, 0) is 43.7 Å². The van der Waals surface area contributed by atoms with Crippen LogP contribution in [0.4, 0.5) is 4.39 Å². The van der Waals surface area contributed by atoms with Gasteiger partial charge in [0.25, 0.3) is 5.91 Å². The molecule has 1 aromatic carbocycles. The molecule has 146 valence electrons. The van der Waals surface area contributed by atoms with Gasteiger partial charge in [0.2, 0.25) is 0 Å². The molecule has 1 unspecified atom stereocenters. The van der Waals surface area contributed by atoms with Crippen LogP contribution >= 0.6 is 0 Å². The number of hydrogen-bond acceptors (Lipinski definition) is 4. The molecule has 1 atom stereocenters. The Balaban J connectivity index is 2.13. The number of halogens is 1. The topological polar surface area (TPSA) is 95.5 Å². The van der Waals surface area contributed by atoms with Gasteiger partial charge < -0.3 is 14.7 Å². The predicted octanol–water partition coefficient (Wildman–Crippen LogP) is 2.81. The molecule has 0 saturated carbocycles. The molecule has 2 rings (SSSR count). The molecule has 0 spiro atoms. The van der Waals surface area contributed by atoms with Crippen LogP contribution in [0.25, 0.3) is 11.3 Å². The van der Waals surface area contributed by atoms with E-state index in [4.69, 9.17) is 9.84 Å². The number of carboxylic acids is 1. The van der Waals surface area contributed by atoms with E-state index in [2.05, 4.69) is 10.2 Å². The van der Waals surface area contributed by atoms with Crippen molar-refractivity contribution < 1.29 is 23.8 Å². The Labute approximate surface area is 157 Å². The highest BCUT2D eigenvalue weighted by atomic mass is 19.1. The molecule has 2 N–H and O–H groups in total. The monoisotopic (exact) mass is 377 g/mol.